The lowest BCUT2D eigenvalue weighted by Gasteiger charge is -2.11. The third-order valence-electron chi connectivity index (χ3n) is 2.90. The summed E-state index contributed by atoms with van der Waals surface area (Å²) in [4.78, 5) is 12.1. The molecular weight excluding hydrogens is 229 g/mol. The van der Waals surface area contributed by atoms with Gasteiger partial charge in [-0.2, -0.15) is 0 Å². The first-order valence-electron chi connectivity index (χ1n) is 5.70. The van der Waals surface area contributed by atoms with E-state index < -0.39 is 6.04 Å². The second-order valence-electron chi connectivity index (χ2n) is 4.22. The van der Waals surface area contributed by atoms with Gasteiger partial charge < -0.3 is 5.73 Å². The molecule has 0 radical (unpaired) electrons. The Bertz CT molecular complexity index is 566. The number of aryl methyl sites for hydroxylation is 1. The fourth-order valence-electron chi connectivity index (χ4n) is 1.74. The Kier molecular flexibility index (Phi) is 3.53. The molecule has 0 spiro atoms. The summed E-state index contributed by atoms with van der Waals surface area (Å²) in [6.45, 7) is 1.65. The van der Waals surface area contributed by atoms with Crippen LogP contribution in [0.25, 0.3) is 0 Å². The summed E-state index contributed by atoms with van der Waals surface area (Å²) < 4.78 is 13.4. The van der Waals surface area contributed by atoms with Gasteiger partial charge in [-0.25, -0.2) is 4.39 Å². The number of halogens is 1. The average Bonchev–Trinajstić information content (AvgIpc) is 2.41. The maximum Gasteiger partial charge on any atom is 0.184 e. The molecule has 0 aliphatic rings. The highest BCUT2D eigenvalue weighted by molar-refractivity contribution is 6.00. The van der Waals surface area contributed by atoms with Gasteiger partial charge in [-0.1, -0.05) is 42.5 Å². The first kappa shape index (κ1) is 12.5. The first-order valence-corrected chi connectivity index (χ1v) is 5.70. The molecule has 0 fully saturated rings. The molecule has 3 heteroatoms. The maximum absolute atomic E-state index is 13.4. The molecule has 0 aliphatic carbocycles. The molecule has 18 heavy (non-hydrogen) atoms. The van der Waals surface area contributed by atoms with E-state index >= 15 is 0 Å². The predicted molar refractivity (Wildman–Crippen MR) is 68.8 cm³/mol. The molecule has 2 N–H and O–H groups in total. The fourth-order valence-corrected chi connectivity index (χ4v) is 1.74. The van der Waals surface area contributed by atoms with Crippen molar-refractivity contribution < 1.29 is 9.18 Å². The number of hydrogen-bond donors (Lipinski definition) is 1. The van der Waals surface area contributed by atoms with Gasteiger partial charge in [0.1, 0.15) is 5.82 Å². The molecule has 0 aromatic heterocycles. The van der Waals surface area contributed by atoms with Crippen LogP contribution in [0.15, 0.2) is 48.5 Å². The van der Waals surface area contributed by atoms with Crippen molar-refractivity contribution in [3.05, 3.63) is 71.0 Å². The number of hydrogen-bond acceptors (Lipinski definition) is 2. The van der Waals surface area contributed by atoms with Crippen LogP contribution in [0.2, 0.25) is 0 Å². The van der Waals surface area contributed by atoms with Crippen molar-refractivity contribution >= 4 is 5.78 Å². The van der Waals surface area contributed by atoms with Crippen LogP contribution in [0.5, 0.6) is 0 Å². The number of carbonyl (C=O) groups excluding carboxylic acids is 1. The zero-order valence-electron chi connectivity index (χ0n) is 10.1. The molecule has 2 rings (SSSR count). The quantitative estimate of drug-likeness (QED) is 0.842. The summed E-state index contributed by atoms with van der Waals surface area (Å²) in [6, 6.07) is 12.7. The van der Waals surface area contributed by atoms with Crippen molar-refractivity contribution in [2.24, 2.45) is 5.73 Å². The van der Waals surface area contributed by atoms with Gasteiger partial charge in [0.25, 0.3) is 0 Å². The SMILES string of the molecule is Cc1ccc(C(=O)C(N)c2ccccc2)cc1F. The van der Waals surface area contributed by atoms with Gasteiger partial charge in [-0.15, -0.1) is 0 Å². The maximum atomic E-state index is 13.4. The van der Waals surface area contributed by atoms with E-state index in [0.717, 1.165) is 5.56 Å². The van der Waals surface area contributed by atoms with E-state index in [2.05, 4.69) is 0 Å². The lowest BCUT2D eigenvalue weighted by molar-refractivity contribution is 0.0961. The highest BCUT2D eigenvalue weighted by atomic mass is 19.1. The first-order chi connectivity index (χ1) is 8.59. The number of carbonyl (C=O) groups is 1. The summed E-state index contributed by atoms with van der Waals surface area (Å²) in [6.07, 6.45) is 0. The lowest BCUT2D eigenvalue weighted by atomic mass is 9.97. The zero-order valence-corrected chi connectivity index (χ0v) is 10.1. The van der Waals surface area contributed by atoms with Crippen molar-refractivity contribution in [2.45, 2.75) is 13.0 Å². The Labute approximate surface area is 105 Å². The molecule has 0 heterocycles. The molecule has 92 valence electrons. The molecule has 0 saturated carbocycles. The van der Waals surface area contributed by atoms with E-state index in [1.54, 1.807) is 31.2 Å². The van der Waals surface area contributed by atoms with E-state index in [0.29, 0.717) is 11.1 Å². The summed E-state index contributed by atoms with van der Waals surface area (Å²) in [5.74, 6) is -0.666. The van der Waals surface area contributed by atoms with Gasteiger partial charge in [0, 0.05) is 5.56 Å². The highest BCUT2D eigenvalue weighted by Crippen LogP contribution is 2.17. The summed E-state index contributed by atoms with van der Waals surface area (Å²) in [5, 5.41) is 0. The Morgan fingerprint density at radius 2 is 1.83 bits per heavy atom. The molecule has 0 bridgehead atoms. The second-order valence-corrected chi connectivity index (χ2v) is 4.22. The van der Waals surface area contributed by atoms with Crippen LogP contribution in [0.3, 0.4) is 0 Å². The van der Waals surface area contributed by atoms with Gasteiger partial charge in [-0.05, 0) is 24.1 Å². The number of ketones is 1. The van der Waals surface area contributed by atoms with Gasteiger partial charge >= 0.3 is 0 Å². The summed E-state index contributed by atoms with van der Waals surface area (Å²) >= 11 is 0. The van der Waals surface area contributed by atoms with Crippen LogP contribution in [-0.2, 0) is 0 Å². The minimum Gasteiger partial charge on any atom is -0.318 e. The predicted octanol–water partition coefficient (Wildman–Crippen LogP) is 3.02. The molecule has 2 aromatic rings. The van der Waals surface area contributed by atoms with Crippen LogP contribution in [-0.4, -0.2) is 5.78 Å². The number of nitrogens with two attached hydrogens (primary N) is 1. The van der Waals surface area contributed by atoms with E-state index in [4.69, 9.17) is 5.73 Å². The highest BCUT2D eigenvalue weighted by Gasteiger charge is 2.18. The molecule has 1 unspecified atom stereocenters. The van der Waals surface area contributed by atoms with E-state index in [1.165, 1.54) is 6.07 Å². The van der Waals surface area contributed by atoms with Crippen LogP contribution in [0, 0.1) is 12.7 Å². The third-order valence-corrected chi connectivity index (χ3v) is 2.90. The number of Topliss-reactive ketones (excluding diaryl/α,β-unsaturated/α-hetero) is 1. The second kappa shape index (κ2) is 5.10. The Balaban J connectivity index is 2.29. The number of benzene rings is 2. The molecular formula is C15H14FNO. The molecule has 2 nitrogen and oxygen atoms in total. The summed E-state index contributed by atoms with van der Waals surface area (Å²) in [7, 11) is 0. The van der Waals surface area contributed by atoms with Crippen molar-refractivity contribution in [1.29, 1.82) is 0 Å². The molecule has 0 aliphatic heterocycles. The molecule has 0 amide bonds. The molecule has 0 saturated heterocycles. The van der Waals surface area contributed by atoms with E-state index in [1.807, 2.05) is 18.2 Å². The van der Waals surface area contributed by atoms with Gasteiger partial charge in [0.15, 0.2) is 5.78 Å². The van der Waals surface area contributed by atoms with Crippen molar-refractivity contribution in [2.75, 3.05) is 0 Å². The van der Waals surface area contributed by atoms with Crippen LogP contribution >= 0.6 is 0 Å². The zero-order chi connectivity index (χ0) is 13.1. The normalized spacial score (nSPS) is 12.2. The van der Waals surface area contributed by atoms with Crippen molar-refractivity contribution in [3.63, 3.8) is 0 Å². The smallest absolute Gasteiger partial charge is 0.184 e. The van der Waals surface area contributed by atoms with Crippen molar-refractivity contribution in [3.8, 4) is 0 Å². The average molecular weight is 243 g/mol. The minimum atomic E-state index is -0.756. The Hall–Kier alpha value is -2.00. The van der Waals surface area contributed by atoms with E-state index in [-0.39, 0.29) is 11.6 Å². The summed E-state index contributed by atoms with van der Waals surface area (Å²) in [5.41, 5.74) is 7.43. The molecule has 1 atom stereocenters. The fraction of sp³-hybridized carbons (Fsp3) is 0.133. The van der Waals surface area contributed by atoms with Crippen LogP contribution in [0.1, 0.15) is 27.5 Å². The van der Waals surface area contributed by atoms with Gasteiger partial charge in [0.2, 0.25) is 0 Å². The minimum absolute atomic E-state index is 0.278. The largest absolute Gasteiger partial charge is 0.318 e. The van der Waals surface area contributed by atoms with Crippen LogP contribution < -0.4 is 5.73 Å². The Morgan fingerprint density at radius 1 is 1.17 bits per heavy atom. The van der Waals surface area contributed by atoms with Crippen LogP contribution in [0.4, 0.5) is 4.39 Å². The van der Waals surface area contributed by atoms with Crippen molar-refractivity contribution in [1.82, 2.24) is 0 Å². The standard InChI is InChI=1S/C15H14FNO/c1-10-7-8-12(9-13(10)16)15(18)14(17)11-5-3-2-4-6-11/h2-9,14H,17H2,1H3. The Morgan fingerprint density at radius 3 is 2.44 bits per heavy atom. The lowest BCUT2D eigenvalue weighted by Crippen LogP contribution is -2.21. The monoisotopic (exact) mass is 243 g/mol. The van der Waals surface area contributed by atoms with Gasteiger partial charge in [-0.3, -0.25) is 4.79 Å². The van der Waals surface area contributed by atoms with Gasteiger partial charge in [0.05, 0.1) is 6.04 Å². The topological polar surface area (TPSA) is 43.1 Å². The molecule has 2 aromatic carbocycles. The van der Waals surface area contributed by atoms with E-state index in [9.17, 15) is 9.18 Å². The number of rotatable bonds is 3. The third kappa shape index (κ3) is 2.46.